The molecule has 0 saturated carbocycles. The monoisotopic (exact) mass is 398 g/mol. The lowest BCUT2D eigenvalue weighted by Gasteiger charge is -2.09. The van der Waals surface area contributed by atoms with Crippen molar-refractivity contribution in [3.05, 3.63) is 59.0 Å². The number of carbonyl (C=O) groups excluding carboxylic acids is 2. The fourth-order valence-electron chi connectivity index (χ4n) is 2.81. The molecular formula is C21H22N2O4S. The van der Waals surface area contributed by atoms with Gasteiger partial charge in [0.1, 0.15) is 0 Å². The molecule has 0 aliphatic rings. The predicted molar refractivity (Wildman–Crippen MR) is 112 cm³/mol. The van der Waals surface area contributed by atoms with Crippen molar-refractivity contribution in [2.75, 3.05) is 25.6 Å². The Morgan fingerprint density at radius 1 is 1.11 bits per heavy atom. The molecule has 1 aromatic heterocycles. The van der Waals surface area contributed by atoms with Crippen LogP contribution in [0, 0.1) is 0 Å². The number of benzene rings is 2. The molecule has 28 heavy (non-hydrogen) atoms. The highest BCUT2D eigenvalue weighted by atomic mass is 32.1. The molecule has 3 aromatic rings. The zero-order valence-electron chi connectivity index (χ0n) is 15.8. The lowest BCUT2D eigenvalue weighted by atomic mass is 10.1. The standard InChI is InChI=1S/C21H22N2O4S/c1-3-27-18-16-13-15(9-10-17(16)28-19(18)20(24)26-2)23-21(25)22-12-11-14-7-5-4-6-8-14/h4-10,13H,3,11-12H2,1-2H3,(H2,22,23,25). The lowest BCUT2D eigenvalue weighted by molar-refractivity contribution is 0.0602. The van der Waals surface area contributed by atoms with Crippen molar-refractivity contribution in [3.63, 3.8) is 0 Å². The van der Waals surface area contributed by atoms with Crippen molar-refractivity contribution >= 4 is 39.1 Å². The van der Waals surface area contributed by atoms with Gasteiger partial charge in [-0.2, -0.15) is 0 Å². The van der Waals surface area contributed by atoms with Crippen LogP contribution in [-0.4, -0.2) is 32.3 Å². The van der Waals surface area contributed by atoms with E-state index < -0.39 is 5.97 Å². The maximum Gasteiger partial charge on any atom is 0.351 e. The maximum absolute atomic E-state index is 12.2. The summed E-state index contributed by atoms with van der Waals surface area (Å²) in [5, 5.41) is 6.44. The van der Waals surface area contributed by atoms with E-state index in [2.05, 4.69) is 10.6 Å². The Morgan fingerprint density at radius 2 is 1.89 bits per heavy atom. The van der Waals surface area contributed by atoms with E-state index in [1.807, 2.05) is 43.3 Å². The first-order chi connectivity index (χ1) is 13.6. The summed E-state index contributed by atoms with van der Waals surface area (Å²) in [6, 6.07) is 15.1. The number of fused-ring (bicyclic) bond motifs is 1. The van der Waals surface area contributed by atoms with Gasteiger partial charge in [0.25, 0.3) is 0 Å². The second-order valence-electron chi connectivity index (χ2n) is 6.01. The van der Waals surface area contributed by atoms with Gasteiger partial charge in [0.05, 0.1) is 13.7 Å². The Balaban J connectivity index is 1.69. The molecule has 2 N–H and O–H groups in total. The number of esters is 1. The maximum atomic E-state index is 12.2. The Morgan fingerprint density at radius 3 is 2.61 bits per heavy atom. The lowest BCUT2D eigenvalue weighted by Crippen LogP contribution is -2.30. The van der Waals surface area contributed by atoms with Gasteiger partial charge < -0.3 is 20.1 Å². The number of nitrogens with one attached hydrogen (secondary N) is 2. The van der Waals surface area contributed by atoms with Gasteiger partial charge in [0.15, 0.2) is 10.6 Å². The first-order valence-corrected chi connectivity index (χ1v) is 9.80. The van der Waals surface area contributed by atoms with Crippen LogP contribution in [0.4, 0.5) is 10.5 Å². The van der Waals surface area contributed by atoms with Crippen LogP contribution in [-0.2, 0) is 11.2 Å². The highest BCUT2D eigenvalue weighted by Gasteiger charge is 2.20. The topological polar surface area (TPSA) is 76.7 Å². The zero-order chi connectivity index (χ0) is 19.9. The van der Waals surface area contributed by atoms with E-state index in [1.54, 1.807) is 12.1 Å². The van der Waals surface area contributed by atoms with Crippen LogP contribution in [0.2, 0.25) is 0 Å². The van der Waals surface area contributed by atoms with Gasteiger partial charge >= 0.3 is 12.0 Å². The van der Waals surface area contributed by atoms with Crippen LogP contribution in [0.5, 0.6) is 5.75 Å². The first-order valence-electron chi connectivity index (χ1n) is 8.98. The molecule has 2 amide bonds. The molecule has 0 aliphatic heterocycles. The van der Waals surface area contributed by atoms with E-state index in [-0.39, 0.29) is 6.03 Å². The third-order valence-electron chi connectivity index (χ3n) is 4.10. The Labute approximate surface area is 167 Å². The molecule has 6 nitrogen and oxygen atoms in total. The average molecular weight is 398 g/mol. The highest BCUT2D eigenvalue weighted by Crippen LogP contribution is 2.39. The van der Waals surface area contributed by atoms with Gasteiger partial charge in [-0.3, -0.25) is 0 Å². The molecular weight excluding hydrogens is 376 g/mol. The summed E-state index contributed by atoms with van der Waals surface area (Å²) >= 11 is 1.31. The summed E-state index contributed by atoms with van der Waals surface area (Å²) in [4.78, 5) is 24.6. The SMILES string of the molecule is CCOc1c(C(=O)OC)sc2ccc(NC(=O)NCCc3ccccc3)cc12. The van der Waals surface area contributed by atoms with Gasteiger partial charge in [0.2, 0.25) is 0 Å². The molecule has 0 fully saturated rings. The van der Waals surface area contributed by atoms with E-state index >= 15 is 0 Å². The molecule has 0 atom stereocenters. The minimum Gasteiger partial charge on any atom is -0.491 e. The number of anilines is 1. The molecule has 0 bridgehead atoms. The third-order valence-corrected chi connectivity index (χ3v) is 5.23. The zero-order valence-corrected chi connectivity index (χ0v) is 16.6. The Bertz CT molecular complexity index is 969. The summed E-state index contributed by atoms with van der Waals surface area (Å²) in [6.07, 6.45) is 0.759. The van der Waals surface area contributed by atoms with Gasteiger partial charge in [-0.05, 0) is 37.1 Å². The number of rotatable bonds is 7. The second kappa shape index (κ2) is 9.23. The van der Waals surface area contributed by atoms with Crippen LogP contribution in [0.15, 0.2) is 48.5 Å². The fourth-order valence-corrected chi connectivity index (χ4v) is 3.85. The van der Waals surface area contributed by atoms with Gasteiger partial charge in [0, 0.05) is 22.3 Å². The molecule has 0 spiro atoms. The van der Waals surface area contributed by atoms with Gasteiger partial charge in [-0.1, -0.05) is 30.3 Å². The number of hydrogen-bond acceptors (Lipinski definition) is 5. The molecule has 146 valence electrons. The van der Waals surface area contributed by atoms with E-state index in [0.29, 0.717) is 29.5 Å². The Hall–Kier alpha value is -3.06. The van der Waals surface area contributed by atoms with Gasteiger partial charge in [-0.25, -0.2) is 9.59 Å². The van der Waals surface area contributed by atoms with Gasteiger partial charge in [-0.15, -0.1) is 11.3 Å². The number of carbonyl (C=O) groups is 2. The smallest absolute Gasteiger partial charge is 0.351 e. The highest BCUT2D eigenvalue weighted by molar-refractivity contribution is 7.21. The minimum absolute atomic E-state index is 0.281. The number of ether oxygens (including phenoxy) is 2. The summed E-state index contributed by atoms with van der Waals surface area (Å²) in [6.45, 7) is 2.81. The number of methoxy groups -OCH3 is 1. The largest absolute Gasteiger partial charge is 0.491 e. The summed E-state index contributed by atoms with van der Waals surface area (Å²) in [5.41, 5.74) is 1.79. The van der Waals surface area contributed by atoms with Crippen LogP contribution in [0.1, 0.15) is 22.2 Å². The van der Waals surface area contributed by atoms with E-state index in [9.17, 15) is 9.59 Å². The van der Waals surface area contributed by atoms with Crippen LogP contribution in [0.25, 0.3) is 10.1 Å². The fraction of sp³-hybridized carbons (Fsp3) is 0.238. The predicted octanol–water partition coefficient (Wildman–Crippen LogP) is 4.45. The first kappa shape index (κ1) is 19.7. The molecule has 1 heterocycles. The van der Waals surface area contributed by atoms with Crippen LogP contribution < -0.4 is 15.4 Å². The van der Waals surface area contributed by atoms with E-state index in [4.69, 9.17) is 9.47 Å². The van der Waals surface area contributed by atoms with E-state index in [0.717, 1.165) is 16.5 Å². The van der Waals surface area contributed by atoms with Crippen molar-refractivity contribution in [3.8, 4) is 5.75 Å². The minimum atomic E-state index is -0.433. The van der Waals surface area contributed by atoms with Crippen LogP contribution >= 0.6 is 11.3 Å². The average Bonchev–Trinajstić information content (AvgIpc) is 3.06. The molecule has 3 rings (SSSR count). The molecule has 0 unspecified atom stereocenters. The normalized spacial score (nSPS) is 10.5. The molecule has 0 radical (unpaired) electrons. The molecule has 0 saturated heterocycles. The van der Waals surface area contributed by atoms with Crippen molar-refractivity contribution < 1.29 is 19.1 Å². The molecule has 7 heteroatoms. The third kappa shape index (κ3) is 4.61. The van der Waals surface area contributed by atoms with E-state index in [1.165, 1.54) is 24.0 Å². The number of hydrogen-bond donors (Lipinski definition) is 2. The number of amides is 2. The Kier molecular flexibility index (Phi) is 6.49. The second-order valence-corrected chi connectivity index (χ2v) is 7.06. The van der Waals surface area contributed by atoms with Crippen molar-refractivity contribution in [2.45, 2.75) is 13.3 Å². The van der Waals surface area contributed by atoms with Crippen molar-refractivity contribution in [1.82, 2.24) is 5.32 Å². The number of thiophene rings is 1. The van der Waals surface area contributed by atoms with Crippen molar-refractivity contribution in [2.24, 2.45) is 0 Å². The molecule has 2 aromatic carbocycles. The summed E-state index contributed by atoms with van der Waals surface area (Å²) < 4.78 is 11.4. The van der Waals surface area contributed by atoms with Crippen molar-refractivity contribution in [1.29, 1.82) is 0 Å². The summed E-state index contributed by atoms with van der Waals surface area (Å²) in [5.74, 6) is 0.0558. The summed E-state index contributed by atoms with van der Waals surface area (Å²) in [7, 11) is 1.34. The quantitative estimate of drug-likeness (QED) is 0.577. The van der Waals surface area contributed by atoms with Crippen LogP contribution in [0.3, 0.4) is 0 Å². The molecule has 0 aliphatic carbocycles. The number of urea groups is 1.